The van der Waals surface area contributed by atoms with Gasteiger partial charge in [0.2, 0.25) is 0 Å². The molecule has 1 aliphatic carbocycles. The Hall–Kier alpha value is -1.22. The molecule has 100 valence electrons. The Morgan fingerprint density at radius 3 is 2.67 bits per heavy atom. The zero-order valence-corrected chi connectivity index (χ0v) is 11.4. The minimum Gasteiger partial charge on any atom is -0.490 e. The first-order valence-electron chi connectivity index (χ1n) is 6.88. The maximum Gasteiger partial charge on any atom is 0.142 e. The minimum absolute atomic E-state index is 0.715. The van der Waals surface area contributed by atoms with Crippen molar-refractivity contribution in [3.8, 4) is 5.75 Å². The summed E-state index contributed by atoms with van der Waals surface area (Å²) in [5.41, 5.74) is 6.57. The Morgan fingerprint density at radius 2 is 2.06 bits per heavy atom. The van der Waals surface area contributed by atoms with E-state index >= 15 is 0 Å². The Bertz CT molecular complexity index is 375. The molecule has 1 aromatic carbocycles. The van der Waals surface area contributed by atoms with Crippen molar-refractivity contribution in [2.24, 2.45) is 5.92 Å². The molecule has 0 bridgehead atoms. The zero-order valence-electron chi connectivity index (χ0n) is 11.4. The molecule has 0 aromatic heterocycles. The molecule has 2 rings (SSSR count). The van der Waals surface area contributed by atoms with Crippen LogP contribution in [0, 0.1) is 5.92 Å². The van der Waals surface area contributed by atoms with E-state index in [4.69, 9.17) is 10.5 Å². The molecule has 1 saturated carbocycles. The summed E-state index contributed by atoms with van der Waals surface area (Å²) < 4.78 is 5.76. The van der Waals surface area contributed by atoms with E-state index in [2.05, 4.69) is 18.7 Å². The monoisotopic (exact) mass is 248 g/mol. The van der Waals surface area contributed by atoms with Crippen LogP contribution >= 0.6 is 0 Å². The lowest BCUT2D eigenvalue weighted by Crippen LogP contribution is -2.33. The number of hydrogen-bond acceptors (Lipinski definition) is 3. The van der Waals surface area contributed by atoms with Crippen molar-refractivity contribution in [2.45, 2.75) is 32.7 Å². The third kappa shape index (κ3) is 3.91. The number of ether oxygens (including phenoxy) is 1. The van der Waals surface area contributed by atoms with Crippen molar-refractivity contribution in [3.05, 3.63) is 24.3 Å². The highest BCUT2D eigenvalue weighted by Crippen LogP contribution is 2.27. The smallest absolute Gasteiger partial charge is 0.142 e. The molecular weight excluding hydrogens is 224 g/mol. The van der Waals surface area contributed by atoms with Crippen molar-refractivity contribution >= 4 is 5.69 Å². The first kappa shape index (κ1) is 13.2. The fraction of sp³-hybridized carbons (Fsp3) is 0.600. The third-order valence-electron chi connectivity index (χ3n) is 3.22. The van der Waals surface area contributed by atoms with Gasteiger partial charge in [-0.1, -0.05) is 26.0 Å². The Morgan fingerprint density at radius 1 is 1.33 bits per heavy atom. The van der Waals surface area contributed by atoms with E-state index in [1.807, 2.05) is 24.3 Å². The predicted molar refractivity (Wildman–Crippen MR) is 75.8 cm³/mol. The Kier molecular flexibility index (Phi) is 4.48. The molecule has 18 heavy (non-hydrogen) atoms. The number of anilines is 1. The van der Waals surface area contributed by atoms with Crippen LogP contribution in [0.5, 0.6) is 5.75 Å². The number of nitrogens with two attached hydrogens (primary N) is 1. The average Bonchev–Trinajstić information content (AvgIpc) is 3.14. The van der Waals surface area contributed by atoms with Crippen LogP contribution in [0.4, 0.5) is 5.69 Å². The molecule has 3 nitrogen and oxygen atoms in total. The molecule has 1 aromatic rings. The van der Waals surface area contributed by atoms with Gasteiger partial charge in [0.15, 0.2) is 0 Å². The summed E-state index contributed by atoms with van der Waals surface area (Å²) in [7, 11) is 0. The van der Waals surface area contributed by atoms with Crippen LogP contribution in [0.3, 0.4) is 0 Å². The highest BCUT2D eigenvalue weighted by Gasteiger charge is 2.28. The van der Waals surface area contributed by atoms with Gasteiger partial charge in [0.05, 0.1) is 5.69 Å². The second kappa shape index (κ2) is 6.10. The summed E-state index contributed by atoms with van der Waals surface area (Å²) in [4.78, 5) is 2.55. The minimum atomic E-state index is 0.715. The quantitative estimate of drug-likeness (QED) is 0.754. The van der Waals surface area contributed by atoms with Crippen molar-refractivity contribution in [1.82, 2.24) is 4.90 Å². The van der Waals surface area contributed by atoms with Crippen LogP contribution in [0.1, 0.15) is 26.7 Å². The summed E-state index contributed by atoms with van der Waals surface area (Å²) in [6, 6.07) is 8.49. The van der Waals surface area contributed by atoms with Gasteiger partial charge in [-0.25, -0.2) is 0 Å². The fourth-order valence-electron chi connectivity index (χ4n) is 2.22. The van der Waals surface area contributed by atoms with Gasteiger partial charge < -0.3 is 10.5 Å². The van der Waals surface area contributed by atoms with Gasteiger partial charge in [-0.15, -0.1) is 0 Å². The van der Waals surface area contributed by atoms with E-state index in [1.165, 1.54) is 12.8 Å². The zero-order chi connectivity index (χ0) is 13.0. The molecular formula is C15H24N2O. The molecule has 0 radical (unpaired) electrons. The maximum atomic E-state index is 5.85. The van der Waals surface area contributed by atoms with Gasteiger partial charge in [0, 0.05) is 19.1 Å². The molecule has 0 amide bonds. The molecule has 0 heterocycles. The molecule has 1 aliphatic rings. The van der Waals surface area contributed by atoms with Crippen molar-refractivity contribution in [3.63, 3.8) is 0 Å². The normalized spacial score (nSPS) is 15.3. The van der Waals surface area contributed by atoms with Crippen molar-refractivity contribution < 1.29 is 4.74 Å². The van der Waals surface area contributed by atoms with E-state index in [9.17, 15) is 0 Å². The van der Waals surface area contributed by atoms with Gasteiger partial charge >= 0.3 is 0 Å². The van der Waals surface area contributed by atoms with Gasteiger partial charge in [-0.05, 0) is 30.9 Å². The lowest BCUT2D eigenvalue weighted by molar-refractivity contribution is 0.186. The SMILES string of the molecule is CC(C)CN(CCOc1ccccc1N)C1CC1. The Labute approximate surface area is 110 Å². The largest absolute Gasteiger partial charge is 0.490 e. The number of nitrogens with zero attached hydrogens (tertiary/aromatic N) is 1. The molecule has 0 saturated heterocycles. The number of benzene rings is 1. The van der Waals surface area contributed by atoms with Crippen LogP contribution in [-0.4, -0.2) is 30.6 Å². The first-order valence-corrected chi connectivity index (χ1v) is 6.88. The molecule has 0 aliphatic heterocycles. The number of rotatable bonds is 7. The van der Waals surface area contributed by atoms with Crippen molar-refractivity contribution in [2.75, 3.05) is 25.4 Å². The lowest BCUT2D eigenvalue weighted by Gasteiger charge is -2.24. The number of hydrogen-bond donors (Lipinski definition) is 1. The first-order chi connectivity index (χ1) is 8.66. The van der Waals surface area contributed by atoms with E-state index in [-0.39, 0.29) is 0 Å². The van der Waals surface area contributed by atoms with Gasteiger partial charge in [0.25, 0.3) is 0 Å². The van der Waals surface area contributed by atoms with Gasteiger partial charge in [-0.3, -0.25) is 4.90 Å². The molecule has 1 fully saturated rings. The van der Waals surface area contributed by atoms with Crippen LogP contribution in [0.25, 0.3) is 0 Å². The number of nitrogen functional groups attached to an aromatic ring is 1. The second-order valence-corrected chi connectivity index (χ2v) is 5.51. The van der Waals surface area contributed by atoms with E-state index < -0.39 is 0 Å². The molecule has 0 atom stereocenters. The fourth-order valence-corrected chi connectivity index (χ4v) is 2.22. The van der Waals surface area contributed by atoms with Crippen molar-refractivity contribution in [1.29, 1.82) is 0 Å². The van der Waals surface area contributed by atoms with E-state index in [0.29, 0.717) is 5.92 Å². The maximum absolute atomic E-state index is 5.85. The van der Waals surface area contributed by atoms with Crippen LogP contribution < -0.4 is 10.5 Å². The Balaban J connectivity index is 1.78. The highest BCUT2D eigenvalue weighted by molar-refractivity contribution is 5.51. The topological polar surface area (TPSA) is 38.5 Å². The van der Waals surface area contributed by atoms with Crippen LogP contribution in [0.15, 0.2) is 24.3 Å². The average molecular weight is 248 g/mol. The molecule has 3 heteroatoms. The predicted octanol–water partition coefficient (Wildman–Crippen LogP) is 2.77. The third-order valence-corrected chi connectivity index (χ3v) is 3.22. The van der Waals surface area contributed by atoms with Crippen LogP contribution in [0.2, 0.25) is 0 Å². The molecule has 2 N–H and O–H groups in total. The second-order valence-electron chi connectivity index (χ2n) is 5.51. The summed E-state index contributed by atoms with van der Waals surface area (Å²) >= 11 is 0. The summed E-state index contributed by atoms with van der Waals surface area (Å²) in [5.74, 6) is 1.52. The summed E-state index contributed by atoms with van der Waals surface area (Å²) in [6.07, 6.45) is 2.69. The van der Waals surface area contributed by atoms with Gasteiger partial charge in [0.1, 0.15) is 12.4 Å². The summed E-state index contributed by atoms with van der Waals surface area (Å²) in [5, 5.41) is 0. The van der Waals surface area contributed by atoms with E-state index in [1.54, 1.807) is 0 Å². The van der Waals surface area contributed by atoms with E-state index in [0.717, 1.165) is 37.2 Å². The highest BCUT2D eigenvalue weighted by atomic mass is 16.5. The summed E-state index contributed by atoms with van der Waals surface area (Å²) in [6.45, 7) is 7.42. The molecule has 0 unspecified atom stereocenters. The molecule has 0 spiro atoms. The van der Waals surface area contributed by atoms with Gasteiger partial charge in [-0.2, -0.15) is 0 Å². The lowest BCUT2D eigenvalue weighted by atomic mass is 10.2. The number of para-hydroxylation sites is 2. The standard InChI is InChI=1S/C15H24N2O/c1-12(2)11-17(13-7-8-13)9-10-18-15-6-4-3-5-14(15)16/h3-6,12-13H,7-11,16H2,1-2H3. The van der Waals surface area contributed by atoms with Crippen LogP contribution in [-0.2, 0) is 0 Å².